The number of nitrogens with zero attached hydrogens (tertiary/aromatic N) is 5. The maximum Gasteiger partial charge on any atom is 0.416 e. The van der Waals surface area contributed by atoms with E-state index in [1.165, 1.54) is 0 Å². The van der Waals surface area contributed by atoms with Crippen molar-refractivity contribution in [3.63, 3.8) is 0 Å². The zero-order valence-electron chi connectivity index (χ0n) is 17.7. The van der Waals surface area contributed by atoms with Crippen molar-refractivity contribution in [3.8, 4) is 0 Å². The van der Waals surface area contributed by atoms with E-state index in [0.29, 0.717) is 25.8 Å². The standard InChI is InChI=1S/C22H28F3N5O/c1-28(20-6-9-26-21(27-20)30-12-14-31-15-13-30)19-7-10-29(11-8-19)16-17-2-4-18(5-3-17)22(23,24)25/h2-6,9,19H,7-8,10-16H2,1H3. The number of halogens is 3. The summed E-state index contributed by atoms with van der Waals surface area (Å²) >= 11 is 0. The number of rotatable bonds is 5. The fraction of sp³-hybridized carbons (Fsp3) is 0.545. The van der Waals surface area contributed by atoms with Gasteiger partial charge in [-0.15, -0.1) is 0 Å². The average Bonchev–Trinajstić information content (AvgIpc) is 2.79. The van der Waals surface area contributed by atoms with Gasteiger partial charge in [0.25, 0.3) is 0 Å². The summed E-state index contributed by atoms with van der Waals surface area (Å²) in [5.74, 6) is 1.66. The number of ether oxygens (including phenoxy) is 1. The van der Waals surface area contributed by atoms with Crippen molar-refractivity contribution in [2.45, 2.75) is 31.6 Å². The monoisotopic (exact) mass is 435 g/mol. The van der Waals surface area contributed by atoms with Crippen molar-refractivity contribution in [1.82, 2.24) is 14.9 Å². The lowest BCUT2D eigenvalue weighted by atomic mass is 10.0. The van der Waals surface area contributed by atoms with E-state index in [2.05, 4.69) is 26.7 Å². The molecule has 31 heavy (non-hydrogen) atoms. The number of anilines is 2. The molecule has 9 heteroatoms. The van der Waals surface area contributed by atoms with Gasteiger partial charge in [0, 0.05) is 52.0 Å². The van der Waals surface area contributed by atoms with Crippen LogP contribution in [0.5, 0.6) is 0 Å². The Morgan fingerprint density at radius 2 is 1.71 bits per heavy atom. The van der Waals surface area contributed by atoms with Gasteiger partial charge in [0.15, 0.2) is 0 Å². The number of piperidine rings is 1. The third kappa shape index (κ3) is 5.46. The molecule has 0 unspecified atom stereocenters. The zero-order chi connectivity index (χ0) is 21.8. The van der Waals surface area contributed by atoms with E-state index in [1.54, 1.807) is 12.1 Å². The Kier molecular flexibility index (Phi) is 6.62. The number of hydrogen-bond donors (Lipinski definition) is 0. The number of aromatic nitrogens is 2. The van der Waals surface area contributed by atoms with Crippen LogP contribution in [0, 0.1) is 0 Å². The number of alkyl halides is 3. The first-order chi connectivity index (χ1) is 14.9. The first kappa shape index (κ1) is 21.8. The Morgan fingerprint density at radius 1 is 1.03 bits per heavy atom. The SMILES string of the molecule is CN(c1ccnc(N2CCOCC2)n1)C1CCN(Cc2ccc(C(F)(F)F)cc2)CC1. The molecule has 0 spiro atoms. The lowest BCUT2D eigenvalue weighted by Gasteiger charge is -2.37. The third-order valence-corrected chi connectivity index (χ3v) is 6.08. The molecule has 0 N–H and O–H groups in total. The highest BCUT2D eigenvalue weighted by Gasteiger charge is 2.30. The Balaban J connectivity index is 1.31. The van der Waals surface area contributed by atoms with Crippen LogP contribution in [0.15, 0.2) is 36.5 Å². The molecule has 2 saturated heterocycles. The van der Waals surface area contributed by atoms with Crippen LogP contribution in [0.25, 0.3) is 0 Å². The molecule has 6 nitrogen and oxygen atoms in total. The van der Waals surface area contributed by atoms with Crippen LogP contribution in [-0.4, -0.2) is 67.4 Å². The summed E-state index contributed by atoms with van der Waals surface area (Å²) in [4.78, 5) is 15.9. The van der Waals surface area contributed by atoms with Gasteiger partial charge in [0.2, 0.25) is 5.95 Å². The fourth-order valence-electron chi connectivity index (χ4n) is 4.16. The predicted molar refractivity (Wildman–Crippen MR) is 113 cm³/mol. The van der Waals surface area contributed by atoms with Crippen LogP contribution < -0.4 is 9.80 Å². The van der Waals surface area contributed by atoms with Crippen LogP contribution >= 0.6 is 0 Å². The molecule has 0 atom stereocenters. The van der Waals surface area contributed by atoms with Gasteiger partial charge in [-0.3, -0.25) is 4.90 Å². The number of hydrogen-bond acceptors (Lipinski definition) is 6. The van der Waals surface area contributed by atoms with Crippen LogP contribution in [0.3, 0.4) is 0 Å². The highest BCUT2D eigenvalue weighted by molar-refractivity contribution is 5.44. The van der Waals surface area contributed by atoms with Gasteiger partial charge in [-0.05, 0) is 36.6 Å². The third-order valence-electron chi connectivity index (χ3n) is 6.08. The molecule has 1 aromatic carbocycles. The summed E-state index contributed by atoms with van der Waals surface area (Å²) in [6.45, 7) is 5.46. The Labute approximate surface area is 180 Å². The van der Waals surface area contributed by atoms with E-state index in [1.807, 2.05) is 12.3 Å². The smallest absolute Gasteiger partial charge is 0.378 e. The number of benzene rings is 1. The van der Waals surface area contributed by atoms with Crippen molar-refractivity contribution in [2.75, 3.05) is 56.2 Å². The minimum atomic E-state index is -4.29. The zero-order valence-corrected chi connectivity index (χ0v) is 17.7. The molecule has 0 saturated carbocycles. The van der Waals surface area contributed by atoms with Gasteiger partial charge < -0.3 is 14.5 Å². The lowest BCUT2D eigenvalue weighted by molar-refractivity contribution is -0.137. The molecule has 1 aromatic heterocycles. The van der Waals surface area contributed by atoms with Crippen LogP contribution in [0.4, 0.5) is 24.9 Å². The van der Waals surface area contributed by atoms with Gasteiger partial charge in [-0.25, -0.2) is 4.98 Å². The van der Waals surface area contributed by atoms with Crippen LogP contribution in [-0.2, 0) is 17.5 Å². The van der Waals surface area contributed by atoms with Crippen molar-refractivity contribution >= 4 is 11.8 Å². The van der Waals surface area contributed by atoms with Crippen molar-refractivity contribution < 1.29 is 17.9 Å². The second-order valence-corrected chi connectivity index (χ2v) is 8.13. The first-order valence-corrected chi connectivity index (χ1v) is 10.7. The maximum atomic E-state index is 12.7. The normalized spacial score (nSPS) is 18.9. The second kappa shape index (κ2) is 9.40. The Bertz CT molecular complexity index is 847. The number of morpholine rings is 1. The molecule has 4 rings (SSSR count). The summed E-state index contributed by atoms with van der Waals surface area (Å²) < 4.78 is 43.6. The Morgan fingerprint density at radius 3 is 2.35 bits per heavy atom. The topological polar surface area (TPSA) is 44.7 Å². The molecule has 0 radical (unpaired) electrons. The summed E-state index contributed by atoms with van der Waals surface area (Å²) in [6, 6.07) is 7.80. The molecule has 2 fully saturated rings. The fourth-order valence-corrected chi connectivity index (χ4v) is 4.16. The summed E-state index contributed by atoms with van der Waals surface area (Å²) in [5.41, 5.74) is 0.309. The van der Waals surface area contributed by atoms with Crippen molar-refractivity contribution in [3.05, 3.63) is 47.7 Å². The quantitative estimate of drug-likeness (QED) is 0.717. The average molecular weight is 435 g/mol. The minimum Gasteiger partial charge on any atom is -0.378 e. The Hall–Kier alpha value is -2.39. The molecule has 168 valence electrons. The molecule has 0 aliphatic carbocycles. The second-order valence-electron chi connectivity index (χ2n) is 8.13. The highest BCUT2D eigenvalue weighted by atomic mass is 19.4. The van der Waals surface area contributed by atoms with E-state index in [9.17, 15) is 13.2 Å². The molecule has 0 amide bonds. The predicted octanol–water partition coefficient (Wildman–Crippen LogP) is 3.43. The number of likely N-dealkylation sites (tertiary alicyclic amines) is 1. The molecular weight excluding hydrogens is 407 g/mol. The van der Waals surface area contributed by atoms with E-state index >= 15 is 0 Å². The molecule has 3 heterocycles. The molecule has 2 aromatic rings. The molecular formula is C22H28F3N5O. The van der Waals surface area contributed by atoms with Crippen molar-refractivity contribution in [1.29, 1.82) is 0 Å². The van der Waals surface area contributed by atoms with Crippen LogP contribution in [0.1, 0.15) is 24.0 Å². The van der Waals surface area contributed by atoms with E-state index in [0.717, 1.165) is 68.5 Å². The van der Waals surface area contributed by atoms with E-state index in [4.69, 9.17) is 9.72 Å². The van der Waals surface area contributed by atoms with E-state index < -0.39 is 11.7 Å². The highest BCUT2D eigenvalue weighted by Crippen LogP contribution is 2.29. The first-order valence-electron chi connectivity index (χ1n) is 10.7. The van der Waals surface area contributed by atoms with E-state index in [-0.39, 0.29) is 0 Å². The maximum absolute atomic E-state index is 12.7. The minimum absolute atomic E-state index is 0.372. The van der Waals surface area contributed by atoms with Gasteiger partial charge in [0.05, 0.1) is 18.8 Å². The molecule has 2 aliphatic heterocycles. The largest absolute Gasteiger partial charge is 0.416 e. The van der Waals surface area contributed by atoms with Crippen LogP contribution in [0.2, 0.25) is 0 Å². The summed E-state index contributed by atoms with van der Waals surface area (Å²) in [7, 11) is 2.07. The molecule has 0 bridgehead atoms. The van der Waals surface area contributed by atoms with Crippen molar-refractivity contribution in [2.24, 2.45) is 0 Å². The van der Waals surface area contributed by atoms with Gasteiger partial charge in [-0.2, -0.15) is 18.2 Å². The molecule has 2 aliphatic rings. The summed E-state index contributed by atoms with van der Waals surface area (Å²) in [6.07, 6.45) is -0.518. The lowest BCUT2D eigenvalue weighted by Crippen LogP contribution is -2.43. The summed E-state index contributed by atoms with van der Waals surface area (Å²) in [5, 5.41) is 0. The van der Waals surface area contributed by atoms with Gasteiger partial charge in [-0.1, -0.05) is 12.1 Å². The van der Waals surface area contributed by atoms with Gasteiger partial charge >= 0.3 is 6.18 Å². The van der Waals surface area contributed by atoms with Gasteiger partial charge in [0.1, 0.15) is 5.82 Å².